The molecule has 1 heterocycles. The van der Waals surface area contributed by atoms with Crippen molar-refractivity contribution in [1.29, 1.82) is 5.26 Å². The van der Waals surface area contributed by atoms with Crippen molar-refractivity contribution < 1.29 is 57.5 Å². The molecule has 5 aromatic rings. The quantitative estimate of drug-likeness (QED) is 0.0455. The number of hydrogen-bond donors (Lipinski definition) is 1. The molecule has 2 fully saturated rings. The SMILES string of the molecule is C=CC(=O)OCOc1ccc(OC(=O)C2CCC(C(=O)Oc3ccc(CCOC(=O)C4CCC(C(=O)Oc5ccc(O)cc5)CC4)c4sc(-c5ccc(C#N)cc5)nc34)CC2)cc1. The number of hydrogen-bond acceptors (Lipinski definition) is 15. The van der Waals surface area contributed by atoms with E-state index in [-0.39, 0.29) is 42.9 Å². The molecule has 15 heteroatoms. The lowest BCUT2D eigenvalue weighted by Gasteiger charge is -2.26. The molecule has 0 saturated heterocycles. The maximum absolute atomic E-state index is 13.6. The van der Waals surface area contributed by atoms with Gasteiger partial charge in [0.25, 0.3) is 0 Å². The highest BCUT2D eigenvalue weighted by molar-refractivity contribution is 7.21. The number of nitrogens with zero attached hydrogens (tertiary/aromatic N) is 2. The molecule has 2 aliphatic rings. The van der Waals surface area contributed by atoms with Gasteiger partial charge in [-0.2, -0.15) is 5.26 Å². The highest BCUT2D eigenvalue weighted by Gasteiger charge is 2.34. The normalized spacial score (nSPS) is 18.3. The van der Waals surface area contributed by atoms with Gasteiger partial charge in [0.15, 0.2) is 5.75 Å². The molecule has 0 radical (unpaired) electrons. The first kappa shape index (κ1) is 44.0. The van der Waals surface area contributed by atoms with Crippen LogP contribution in [0.4, 0.5) is 0 Å². The van der Waals surface area contributed by atoms with Gasteiger partial charge in [0.05, 0.1) is 46.6 Å². The van der Waals surface area contributed by atoms with E-state index in [1.807, 2.05) is 18.2 Å². The van der Waals surface area contributed by atoms with E-state index in [0.717, 1.165) is 21.9 Å². The van der Waals surface area contributed by atoms with Gasteiger partial charge in [-0.15, -0.1) is 11.3 Å². The molecule has 63 heavy (non-hydrogen) atoms. The lowest BCUT2D eigenvalue weighted by atomic mass is 9.82. The number of carbonyl (C=O) groups is 5. The van der Waals surface area contributed by atoms with Gasteiger partial charge in [0.1, 0.15) is 33.5 Å². The number of benzene rings is 4. The van der Waals surface area contributed by atoms with E-state index in [4.69, 9.17) is 33.4 Å². The van der Waals surface area contributed by atoms with E-state index in [0.29, 0.717) is 96.9 Å². The Hall–Kier alpha value is -7.05. The van der Waals surface area contributed by atoms with Gasteiger partial charge in [-0.05, 0) is 124 Å². The minimum atomic E-state index is -0.609. The molecule has 2 saturated carbocycles. The van der Waals surface area contributed by atoms with Gasteiger partial charge < -0.3 is 33.5 Å². The third-order valence-electron chi connectivity index (χ3n) is 11.2. The van der Waals surface area contributed by atoms with Crippen molar-refractivity contribution in [2.45, 2.75) is 57.8 Å². The predicted octanol–water partition coefficient (Wildman–Crippen LogP) is 8.42. The van der Waals surface area contributed by atoms with Crippen LogP contribution in [0.25, 0.3) is 20.8 Å². The molecule has 0 unspecified atom stereocenters. The number of phenols is 1. The molecule has 0 aliphatic heterocycles. The highest BCUT2D eigenvalue weighted by atomic mass is 32.1. The van der Waals surface area contributed by atoms with Gasteiger partial charge in [0.2, 0.25) is 6.79 Å². The molecule has 0 spiro atoms. The van der Waals surface area contributed by atoms with Gasteiger partial charge in [-0.25, -0.2) is 9.78 Å². The van der Waals surface area contributed by atoms with Crippen LogP contribution in [0.3, 0.4) is 0 Å². The van der Waals surface area contributed by atoms with Gasteiger partial charge in [0, 0.05) is 18.1 Å². The molecular formula is C48H44N2O12S. The number of thiazole rings is 1. The van der Waals surface area contributed by atoms with Crippen molar-refractivity contribution in [2.75, 3.05) is 13.4 Å². The van der Waals surface area contributed by atoms with Gasteiger partial charge >= 0.3 is 29.8 Å². The van der Waals surface area contributed by atoms with E-state index >= 15 is 0 Å². The zero-order valence-corrected chi connectivity index (χ0v) is 35.0. The summed E-state index contributed by atoms with van der Waals surface area (Å²) in [5, 5.41) is 19.4. The number of esters is 5. The summed E-state index contributed by atoms with van der Waals surface area (Å²) < 4.78 is 33.7. The van der Waals surface area contributed by atoms with Crippen LogP contribution in [-0.4, -0.2) is 53.3 Å². The van der Waals surface area contributed by atoms with Gasteiger partial charge in [-0.3, -0.25) is 19.2 Å². The number of nitriles is 1. The summed E-state index contributed by atoms with van der Waals surface area (Å²) >= 11 is 1.41. The number of carbonyl (C=O) groups excluding carboxylic acids is 5. The molecule has 2 aliphatic carbocycles. The van der Waals surface area contributed by atoms with Crippen LogP contribution in [0.15, 0.2) is 97.6 Å². The number of aromatic hydroxyl groups is 1. The minimum Gasteiger partial charge on any atom is -0.508 e. The molecule has 0 amide bonds. The summed E-state index contributed by atoms with van der Waals surface area (Å²) in [6, 6.07) is 25.0. The summed E-state index contributed by atoms with van der Waals surface area (Å²) in [6.45, 7) is 3.15. The summed E-state index contributed by atoms with van der Waals surface area (Å²) in [5.41, 5.74) is 2.63. The molecule has 1 N–H and O–H groups in total. The number of phenolic OH excluding ortho intramolecular Hbond substituents is 1. The first-order valence-electron chi connectivity index (χ1n) is 20.6. The van der Waals surface area contributed by atoms with Crippen LogP contribution in [0.5, 0.6) is 28.7 Å². The van der Waals surface area contributed by atoms with Crippen molar-refractivity contribution >= 4 is 51.4 Å². The number of ether oxygens (including phenoxy) is 6. The predicted molar refractivity (Wildman–Crippen MR) is 229 cm³/mol. The molecule has 0 bridgehead atoms. The topological polar surface area (TPSA) is 198 Å². The fraction of sp³-hybridized carbons (Fsp3) is 0.312. The zero-order chi connectivity index (χ0) is 44.3. The maximum atomic E-state index is 13.6. The largest absolute Gasteiger partial charge is 0.508 e. The summed E-state index contributed by atoms with van der Waals surface area (Å²) in [7, 11) is 0. The average molecular weight is 873 g/mol. The molecule has 4 aromatic carbocycles. The standard InChI is InChI=1S/C48H44N2O12S/c1-2-41(52)59-28-58-37-20-22-39(23-21-37)61-47(55)34-11-13-35(14-12-34)48(56)62-40-24-15-30(43-42(40)50-44(63-43)31-5-3-29(27-49)4-6-31)25-26-57-45(53)32-7-9-33(10-8-32)46(54)60-38-18-16-36(51)17-19-38/h2-6,15-24,32-35,51H,1,7-14,25-26,28H2. The Morgan fingerprint density at radius 3 is 1.76 bits per heavy atom. The number of rotatable bonds is 15. The van der Waals surface area contributed by atoms with Crippen LogP contribution in [0.2, 0.25) is 0 Å². The lowest BCUT2D eigenvalue weighted by Crippen LogP contribution is -2.30. The van der Waals surface area contributed by atoms with Gasteiger partial charge in [-0.1, -0.05) is 24.8 Å². The molecule has 0 atom stereocenters. The van der Waals surface area contributed by atoms with Crippen molar-refractivity contribution in [2.24, 2.45) is 23.7 Å². The molecular weight excluding hydrogens is 829 g/mol. The van der Waals surface area contributed by atoms with E-state index in [1.165, 1.54) is 35.6 Å². The van der Waals surface area contributed by atoms with E-state index in [2.05, 4.69) is 12.6 Å². The lowest BCUT2D eigenvalue weighted by molar-refractivity contribution is -0.152. The molecule has 1 aromatic heterocycles. The molecule has 7 rings (SSSR count). The Kier molecular flexibility index (Phi) is 14.4. The first-order valence-corrected chi connectivity index (χ1v) is 21.4. The number of fused-ring (bicyclic) bond motifs is 1. The van der Waals surface area contributed by atoms with E-state index in [1.54, 1.807) is 42.5 Å². The Morgan fingerprint density at radius 2 is 1.21 bits per heavy atom. The highest BCUT2D eigenvalue weighted by Crippen LogP contribution is 2.39. The second-order valence-corrected chi connectivity index (χ2v) is 16.3. The number of aromatic nitrogens is 1. The van der Waals surface area contributed by atoms with Crippen LogP contribution < -0.4 is 18.9 Å². The van der Waals surface area contributed by atoms with Crippen LogP contribution in [0.1, 0.15) is 62.5 Å². The van der Waals surface area contributed by atoms with E-state index < -0.39 is 29.7 Å². The van der Waals surface area contributed by atoms with Crippen LogP contribution in [0, 0.1) is 35.0 Å². The Bertz CT molecular complexity index is 2490. The fourth-order valence-corrected chi connectivity index (χ4v) is 8.69. The summed E-state index contributed by atoms with van der Waals surface area (Å²) in [6.07, 6.45) is 5.14. The van der Waals surface area contributed by atoms with Crippen molar-refractivity contribution in [3.63, 3.8) is 0 Å². The van der Waals surface area contributed by atoms with E-state index in [9.17, 15) is 34.3 Å². The second-order valence-electron chi connectivity index (χ2n) is 15.3. The third-order valence-corrected chi connectivity index (χ3v) is 12.3. The van der Waals surface area contributed by atoms with Crippen molar-refractivity contribution in [3.8, 4) is 45.4 Å². The third kappa shape index (κ3) is 11.5. The zero-order valence-electron chi connectivity index (χ0n) is 34.2. The molecule has 324 valence electrons. The minimum absolute atomic E-state index is 0.0767. The smallest absolute Gasteiger partial charge is 0.333 e. The van der Waals surface area contributed by atoms with Crippen LogP contribution >= 0.6 is 11.3 Å². The first-order chi connectivity index (χ1) is 30.6. The Labute approximate surface area is 367 Å². The van der Waals surface area contributed by atoms with Crippen LogP contribution in [-0.2, 0) is 39.9 Å². The monoisotopic (exact) mass is 872 g/mol. The summed E-state index contributed by atoms with van der Waals surface area (Å²) in [5.74, 6) is -2.13. The summed E-state index contributed by atoms with van der Waals surface area (Å²) in [4.78, 5) is 68.5. The van der Waals surface area contributed by atoms with Crippen molar-refractivity contribution in [3.05, 3.63) is 109 Å². The molecule has 14 nitrogen and oxygen atoms in total. The maximum Gasteiger partial charge on any atom is 0.333 e. The Morgan fingerprint density at radius 1 is 0.683 bits per heavy atom. The van der Waals surface area contributed by atoms with Crippen molar-refractivity contribution in [1.82, 2.24) is 4.98 Å². The second kappa shape index (κ2) is 20.7. The average Bonchev–Trinajstić information content (AvgIpc) is 3.77. The Balaban J connectivity index is 0.934. The fourth-order valence-electron chi connectivity index (χ4n) is 7.56.